The van der Waals surface area contributed by atoms with Gasteiger partial charge in [0.2, 0.25) is 0 Å². The minimum atomic E-state index is 0. The van der Waals surface area contributed by atoms with Gasteiger partial charge in [0.1, 0.15) is 0 Å². The van der Waals surface area contributed by atoms with Crippen molar-refractivity contribution in [1.29, 1.82) is 0 Å². The normalized spacial score (nSPS) is 15.9. The van der Waals surface area contributed by atoms with Gasteiger partial charge in [-0.2, -0.15) is 0 Å². The first-order valence-corrected chi connectivity index (χ1v) is 8.46. The summed E-state index contributed by atoms with van der Waals surface area (Å²) < 4.78 is 0. The van der Waals surface area contributed by atoms with E-state index in [1.807, 2.05) is 7.05 Å². The zero-order chi connectivity index (χ0) is 15.9. The molecule has 2 rings (SSSR count). The summed E-state index contributed by atoms with van der Waals surface area (Å²) in [7, 11) is 1.88. The van der Waals surface area contributed by atoms with Gasteiger partial charge in [0, 0.05) is 32.7 Å². The second-order valence-electron chi connectivity index (χ2n) is 5.94. The largest absolute Gasteiger partial charge is 0.355 e. The van der Waals surface area contributed by atoms with E-state index in [2.05, 4.69) is 65.1 Å². The van der Waals surface area contributed by atoms with E-state index in [9.17, 15) is 0 Å². The molecule has 0 spiro atoms. The van der Waals surface area contributed by atoms with Gasteiger partial charge in [-0.25, -0.2) is 0 Å². The number of benzene rings is 1. The zero-order valence-electron chi connectivity index (χ0n) is 14.9. The molecule has 0 saturated carbocycles. The molecule has 1 unspecified atom stereocenters. The van der Waals surface area contributed by atoms with E-state index in [1.54, 1.807) is 0 Å². The van der Waals surface area contributed by atoms with E-state index in [1.165, 1.54) is 11.1 Å². The van der Waals surface area contributed by atoms with Crippen molar-refractivity contribution in [2.24, 2.45) is 4.99 Å². The summed E-state index contributed by atoms with van der Waals surface area (Å²) in [5.74, 6) is 1.02. The lowest BCUT2D eigenvalue weighted by atomic mass is 10.0. The Morgan fingerprint density at radius 2 is 1.91 bits per heavy atom. The van der Waals surface area contributed by atoms with Gasteiger partial charge in [0.25, 0.3) is 0 Å². The van der Waals surface area contributed by atoms with Crippen LogP contribution in [0.5, 0.6) is 0 Å². The minimum absolute atomic E-state index is 0. The minimum Gasteiger partial charge on any atom is -0.355 e. The first kappa shape index (κ1) is 20.2. The highest BCUT2D eigenvalue weighted by molar-refractivity contribution is 14.0. The molecule has 1 atom stereocenters. The molecular formula is C18H31IN4. The van der Waals surface area contributed by atoms with Gasteiger partial charge in [0.05, 0.1) is 0 Å². The molecule has 1 aliphatic rings. The monoisotopic (exact) mass is 430 g/mol. The van der Waals surface area contributed by atoms with Crippen LogP contribution in [0.2, 0.25) is 0 Å². The van der Waals surface area contributed by atoms with E-state index >= 15 is 0 Å². The van der Waals surface area contributed by atoms with E-state index in [0.717, 1.165) is 45.1 Å². The molecule has 0 saturated heterocycles. The Hall–Kier alpha value is -0.820. The topological polar surface area (TPSA) is 30.9 Å². The van der Waals surface area contributed by atoms with Gasteiger partial charge in [-0.15, -0.1) is 24.0 Å². The fourth-order valence-corrected chi connectivity index (χ4v) is 3.22. The molecule has 0 fully saturated rings. The molecule has 1 aliphatic heterocycles. The molecular weight excluding hydrogens is 399 g/mol. The van der Waals surface area contributed by atoms with Gasteiger partial charge < -0.3 is 10.2 Å². The van der Waals surface area contributed by atoms with Crippen molar-refractivity contribution in [2.45, 2.75) is 39.8 Å². The quantitative estimate of drug-likeness (QED) is 0.443. The number of guanidine groups is 1. The van der Waals surface area contributed by atoms with Crippen LogP contribution in [0.3, 0.4) is 0 Å². The predicted octanol–water partition coefficient (Wildman–Crippen LogP) is 2.97. The summed E-state index contributed by atoms with van der Waals surface area (Å²) in [5.41, 5.74) is 2.90. The Bertz CT molecular complexity index is 500. The summed E-state index contributed by atoms with van der Waals surface area (Å²) in [6, 6.07) is 9.25. The molecule has 1 heterocycles. The third-order valence-corrected chi connectivity index (χ3v) is 4.63. The van der Waals surface area contributed by atoms with Gasteiger partial charge in [-0.05, 0) is 37.6 Å². The van der Waals surface area contributed by atoms with Crippen molar-refractivity contribution in [2.75, 3.05) is 33.2 Å². The maximum absolute atomic E-state index is 4.48. The molecule has 0 aliphatic carbocycles. The van der Waals surface area contributed by atoms with Crippen LogP contribution >= 0.6 is 24.0 Å². The van der Waals surface area contributed by atoms with E-state index in [-0.39, 0.29) is 24.0 Å². The Kier molecular flexibility index (Phi) is 8.91. The van der Waals surface area contributed by atoms with Gasteiger partial charge in [-0.1, -0.05) is 38.1 Å². The van der Waals surface area contributed by atoms with E-state index < -0.39 is 0 Å². The van der Waals surface area contributed by atoms with Crippen LogP contribution in [-0.2, 0) is 13.0 Å². The number of hydrogen-bond donors (Lipinski definition) is 1. The first-order valence-electron chi connectivity index (χ1n) is 8.46. The standard InChI is InChI=1S/C18H30N4.HI/c1-5-21(6-2)15(3)13-20-18(19-4)22-12-11-16-9-7-8-10-17(16)14-22;/h7-10,15H,5-6,11-14H2,1-4H3,(H,19,20);1H. The number of likely N-dealkylation sites (N-methyl/N-ethyl adjacent to an activating group) is 1. The lowest BCUT2D eigenvalue weighted by Crippen LogP contribution is -2.48. The lowest BCUT2D eigenvalue weighted by molar-refractivity contribution is 0.229. The van der Waals surface area contributed by atoms with E-state index in [0.29, 0.717) is 6.04 Å². The number of fused-ring (bicyclic) bond motifs is 1. The summed E-state index contributed by atoms with van der Waals surface area (Å²) in [6.07, 6.45) is 1.10. The van der Waals surface area contributed by atoms with Crippen LogP contribution in [0.25, 0.3) is 0 Å². The number of aliphatic imine (C=N–C) groups is 1. The summed E-state index contributed by atoms with van der Waals surface area (Å²) >= 11 is 0. The highest BCUT2D eigenvalue weighted by Crippen LogP contribution is 2.18. The number of nitrogens with one attached hydrogen (secondary N) is 1. The maximum atomic E-state index is 4.48. The highest BCUT2D eigenvalue weighted by atomic mass is 127. The fraction of sp³-hybridized carbons (Fsp3) is 0.611. The predicted molar refractivity (Wildman–Crippen MR) is 110 cm³/mol. The molecule has 5 heteroatoms. The fourth-order valence-electron chi connectivity index (χ4n) is 3.22. The maximum Gasteiger partial charge on any atom is 0.194 e. The summed E-state index contributed by atoms with van der Waals surface area (Å²) in [4.78, 5) is 9.30. The van der Waals surface area contributed by atoms with Crippen molar-refractivity contribution in [3.05, 3.63) is 35.4 Å². The zero-order valence-corrected chi connectivity index (χ0v) is 17.2. The lowest BCUT2D eigenvalue weighted by Gasteiger charge is -2.33. The smallest absolute Gasteiger partial charge is 0.194 e. The van der Waals surface area contributed by atoms with E-state index in [4.69, 9.17) is 0 Å². The number of hydrogen-bond acceptors (Lipinski definition) is 2. The number of rotatable bonds is 5. The third-order valence-electron chi connectivity index (χ3n) is 4.63. The van der Waals surface area contributed by atoms with Gasteiger partial charge >= 0.3 is 0 Å². The summed E-state index contributed by atoms with van der Waals surface area (Å²) in [6.45, 7) is 11.8. The van der Waals surface area contributed by atoms with Crippen LogP contribution in [0.15, 0.2) is 29.3 Å². The van der Waals surface area contributed by atoms with Crippen molar-refractivity contribution < 1.29 is 0 Å². The Morgan fingerprint density at radius 1 is 1.26 bits per heavy atom. The highest BCUT2D eigenvalue weighted by Gasteiger charge is 2.19. The molecule has 1 aromatic rings. The van der Waals surface area contributed by atoms with Crippen molar-refractivity contribution >= 4 is 29.9 Å². The average molecular weight is 430 g/mol. The molecule has 4 nitrogen and oxygen atoms in total. The number of halogens is 1. The molecule has 1 aromatic carbocycles. The molecule has 1 N–H and O–H groups in total. The van der Waals surface area contributed by atoms with Crippen molar-refractivity contribution in [3.63, 3.8) is 0 Å². The third kappa shape index (κ3) is 5.35. The molecule has 23 heavy (non-hydrogen) atoms. The van der Waals surface area contributed by atoms with Gasteiger partial charge in [-0.3, -0.25) is 9.89 Å². The Balaban J connectivity index is 0.00000264. The van der Waals surface area contributed by atoms with Crippen LogP contribution in [0, 0.1) is 0 Å². The average Bonchev–Trinajstić information content (AvgIpc) is 2.56. The van der Waals surface area contributed by atoms with Crippen molar-refractivity contribution in [1.82, 2.24) is 15.1 Å². The number of nitrogens with zero attached hydrogens (tertiary/aromatic N) is 3. The molecule has 130 valence electrons. The molecule has 0 aromatic heterocycles. The van der Waals surface area contributed by atoms with Crippen LogP contribution in [0.1, 0.15) is 31.9 Å². The van der Waals surface area contributed by atoms with Crippen LogP contribution in [-0.4, -0.2) is 55.0 Å². The molecule has 0 radical (unpaired) electrons. The van der Waals surface area contributed by atoms with Crippen LogP contribution in [0.4, 0.5) is 0 Å². The van der Waals surface area contributed by atoms with Gasteiger partial charge in [0.15, 0.2) is 5.96 Å². The SMILES string of the molecule is CCN(CC)C(C)CNC(=NC)N1CCc2ccccc2C1.I. The first-order chi connectivity index (χ1) is 10.7. The second-order valence-corrected chi connectivity index (χ2v) is 5.94. The van der Waals surface area contributed by atoms with Crippen LogP contribution < -0.4 is 5.32 Å². The Labute approximate surface area is 158 Å². The Morgan fingerprint density at radius 3 is 2.52 bits per heavy atom. The molecule has 0 bridgehead atoms. The molecule has 0 amide bonds. The second kappa shape index (κ2) is 10.1. The van der Waals surface area contributed by atoms with Crippen molar-refractivity contribution in [3.8, 4) is 0 Å². The summed E-state index contributed by atoms with van der Waals surface area (Å²) in [5, 5.41) is 3.55.